The molecule has 7 nitrogen and oxygen atoms in total. The van der Waals surface area contributed by atoms with Crippen LogP contribution in [0.5, 0.6) is 0 Å². The van der Waals surface area contributed by atoms with Gasteiger partial charge in [0.2, 0.25) is 11.8 Å². The second-order valence-corrected chi connectivity index (χ2v) is 12.3. The van der Waals surface area contributed by atoms with Crippen molar-refractivity contribution in [3.05, 3.63) is 12.7 Å². The summed E-state index contributed by atoms with van der Waals surface area (Å²) in [7, 11) is 0. The van der Waals surface area contributed by atoms with Gasteiger partial charge >= 0.3 is 5.97 Å². The summed E-state index contributed by atoms with van der Waals surface area (Å²) >= 11 is 5.39. The molecular formula is C24H35BrN2O5S. The molecular weight excluding hydrogens is 508 g/mol. The van der Waals surface area contributed by atoms with Crippen molar-refractivity contribution >= 4 is 45.5 Å². The minimum Gasteiger partial charge on any atom is -0.466 e. The van der Waals surface area contributed by atoms with Gasteiger partial charge < -0.3 is 19.6 Å². The van der Waals surface area contributed by atoms with Gasteiger partial charge in [-0.1, -0.05) is 41.3 Å². The molecule has 33 heavy (non-hydrogen) atoms. The SMILES string of the molecule is C=CCN(C(=O)C1N(CCCO)C(=O)[C@@H]2[C@H](C(=O)OCC)[C@H]3SC12CC3Br)C1CCCCC1. The number of ether oxygens (including phenoxy) is 1. The monoisotopic (exact) mass is 542 g/mol. The molecule has 0 radical (unpaired) electrons. The van der Waals surface area contributed by atoms with Gasteiger partial charge in [0.1, 0.15) is 6.04 Å². The number of amides is 2. The normalized spacial score (nSPS) is 35.5. The molecule has 4 fully saturated rings. The molecule has 4 aliphatic rings. The van der Waals surface area contributed by atoms with Crippen LogP contribution in [0.2, 0.25) is 0 Å². The maximum atomic E-state index is 14.3. The highest BCUT2D eigenvalue weighted by atomic mass is 79.9. The number of rotatable bonds is 9. The van der Waals surface area contributed by atoms with Gasteiger partial charge in [0.05, 0.1) is 23.2 Å². The average Bonchev–Trinajstić information content (AvgIpc) is 3.40. The minimum absolute atomic E-state index is 0.0343. The van der Waals surface area contributed by atoms with Crippen LogP contribution in [-0.4, -0.2) is 85.9 Å². The first-order valence-electron chi connectivity index (χ1n) is 12.2. The molecule has 3 unspecified atom stereocenters. The van der Waals surface area contributed by atoms with Gasteiger partial charge in [-0.3, -0.25) is 14.4 Å². The van der Waals surface area contributed by atoms with E-state index in [2.05, 4.69) is 22.5 Å². The van der Waals surface area contributed by atoms with Crippen molar-refractivity contribution in [1.29, 1.82) is 0 Å². The Labute approximate surface area is 208 Å². The second-order valence-electron chi connectivity index (χ2n) is 9.60. The molecule has 1 spiro atoms. The van der Waals surface area contributed by atoms with Crippen LogP contribution in [0.3, 0.4) is 0 Å². The van der Waals surface area contributed by atoms with E-state index in [1.165, 1.54) is 6.42 Å². The molecule has 4 rings (SSSR count). The predicted octanol–water partition coefficient (Wildman–Crippen LogP) is 2.74. The summed E-state index contributed by atoms with van der Waals surface area (Å²) in [6.45, 7) is 6.63. The lowest BCUT2D eigenvalue weighted by molar-refractivity contribution is -0.153. The highest BCUT2D eigenvalue weighted by molar-refractivity contribution is 9.09. The summed E-state index contributed by atoms with van der Waals surface area (Å²) in [6, 6.07) is -0.489. The molecule has 1 saturated carbocycles. The second kappa shape index (κ2) is 10.3. The Kier molecular flexibility index (Phi) is 7.80. The number of thioether (sulfide) groups is 1. The summed E-state index contributed by atoms with van der Waals surface area (Å²) in [5, 5.41) is 9.40. The van der Waals surface area contributed by atoms with E-state index in [0.29, 0.717) is 25.9 Å². The van der Waals surface area contributed by atoms with Crippen molar-refractivity contribution in [3.63, 3.8) is 0 Å². The van der Waals surface area contributed by atoms with Crippen LogP contribution >= 0.6 is 27.7 Å². The maximum absolute atomic E-state index is 14.3. The number of carbonyl (C=O) groups is 3. The maximum Gasteiger partial charge on any atom is 0.310 e. The zero-order valence-corrected chi connectivity index (χ0v) is 21.7. The van der Waals surface area contributed by atoms with Crippen molar-refractivity contribution < 1.29 is 24.2 Å². The molecule has 2 bridgehead atoms. The fourth-order valence-corrected chi connectivity index (χ4v) is 10.1. The highest BCUT2D eigenvalue weighted by Gasteiger charge is 2.76. The first-order chi connectivity index (χ1) is 15.9. The third kappa shape index (κ3) is 4.16. The lowest BCUT2D eigenvalue weighted by Crippen LogP contribution is -2.57. The zero-order valence-electron chi connectivity index (χ0n) is 19.3. The number of halogens is 1. The third-order valence-corrected chi connectivity index (χ3v) is 11.0. The highest BCUT2D eigenvalue weighted by Crippen LogP contribution is 2.68. The minimum atomic E-state index is -0.659. The van der Waals surface area contributed by atoms with Gasteiger partial charge in [-0.25, -0.2) is 0 Å². The van der Waals surface area contributed by atoms with Gasteiger partial charge in [-0.05, 0) is 32.6 Å². The molecule has 3 saturated heterocycles. The van der Waals surface area contributed by atoms with Crippen LogP contribution in [0.4, 0.5) is 0 Å². The summed E-state index contributed by atoms with van der Waals surface area (Å²) in [5.74, 6) is -1.64. The molecule has 1 aliphatic carbocycles. The molecule has 6 atom stereocenters. The lowest BCUT2D eigenvalue weighted by atomic mass is 9.71. The molecule has 0 aromatic carbocycles. The fraction of sp³-hybridized carbons (Fsp3) is 0.792. The molecule has 0 aromatic rings. The number of alkyl halides is 1. The van der Waals surface area contributed by atoms with Crippen LogP contribution in [-0.2, 0) is 19.1 Å². The van der Waals surface area contributed by atoms with E-state index in [-0.39, 0.29) is 47.1 Å². The number of nitrogens with zero attached hydrogens (tertiary/aromatic N) is 2. The number of fused-ring (bicyclic) bond motifs is 1. The first kappa shape index (κ1) is 25.0. The Morgan fingerprint density at radius 1 is 1.36 bits per heavy atom. The Balaban J connectivity index is 1.73. The van der Waals surface area contributed by atoms with E-state index in [0.717, 1.165) is 25.7 Å². The van der Waals surface area contributed by atoms with E-state index in [4.69, 9.17) is 4.74 Å². The van der Waals surface area contributed by atoms with Gasteiger partial charge in [-0.2, -0.15) is 0 Å². The fourth-order valence-electron chi connectivity index (χ4n) is 6.51. The van der Waals surface area contributed by atoms with Gasteiger partial charge in [0.25, 0.3) is 0 Å². The van der Waals surface area contributed by atoms with E-state index >= 15 is 0 Å². The van der Waals surface area contributed by atoms with Crippen molar-refractivity contribution in [1.82, 2.24) is 9.80 Å². The van der Waals surface area contributed by atoms with Crippen molar-refractivity contribution in [2.75, 3.05) is 26.3 Å². The molecule has 9 heteroatoms. The molecule has 3 aliphatic heterocycles. The lowest BCUT2D eigenvalue weighted by Gasteiger charge is -2.41. The summed E-state index contributed by atoms with van der Waals surface area (Å²) < 4.78 is 4.72. The smallest absolute Gasteiger partial charge is 0.310 e. The van der Waals surface area contributed by atoms with Crippen molar-refractivity contribution in [3.8, 4) is 0 Å². The van der Waals surface area contributed by atoms with Crippen molar-refractivity contribution in [2.45, 2.75) is 78.8 Å². The van der Waals surface area contributed by atoms with Gasteiger partial charge in [0, 0.05) is 35.8 Å². The molecule has 2 amide bonds. The third-order valence-electron chi connectivity index (χ3n) is 7.76. The zero-order chi connectivity index (χ0) is 23.8. The van der Waals surface area contributed by atoms with Gasteiger partial charge in [0.15, 0.2) is 0 Å². The Hall–Kier alpha value is -1.06. The Bertz CT molecular complexity index is 791. The van der Waals surface area contributed by atoms with E-state index in [9.17, 15) is 19.5 Å². The Morgan fingerprint density at radius 3 is 2.73 bits per heavy atom. The number of esters is 1. The summed E-state index contributed by atoms with van der Waals surface area (Å²) in [5.41, 5.74) is 0. The number of hydrogen-bond donors (Lipinski definition) is 1. The van der Waals surface area contributed by atoms with Gasteiger partial charge in [-0.15, -0.1) is 18.3 Å². The summed E-state index contributed by atoms with van der Waals surface area (Å²) in [6.07, 6.45) is 8.15. The van der Waals surface area contributed by atoms with E-state index in [1.807, 2.05) is 4.90 Å². The standard InChI is InChI=1S/C24H35BrN2O5S/c1-3-11-26(15-9-6-5-7-10-15)22(30)20-24-14-16(25)19(33-24)17(23(31)32-4-2)18(24)21(29)27(20)12-8-13-28/h3,15-20,28H,1,4-14H2,2H3/t16?,17-,18-,19-,20?,24?/m0/s1. The van der Waals surface area contributed by atoms with Crippen LogP contribution < -0.4 is 0 Å². The van der Waals surface area contributed by atoms with Crippen LogP contribution in [0.1, 0.15) is 51.9 Å². The van der Waals surface area contributed by atoms with E-state index < -0.39 is 22.6 Å². The van der Waals surface area contributed by atoms with Crippen LogP contribution in [0, 0.1) is 11.8 Å². The Morgan fingerprint density at radius 2 is 2.09 bits per heavy atom. The quantitative estimate of drug-likeness (QED) is 0.274. The number of aliphatic hydroxyl groups excluding tert-OH is 1. The van der Waals surface area contributed by atoms with Crippen molar-refractivity contribution in [2.24, 2.45) is 11.8 Å². The number of hydrogen-bond acceptors (Lipinski definition) is 6. The molecule has 1 N–H and O–H groups in total. The van der Waals surface area contributed by atoms with Crippen LogP contribution in [0.25, 0.3) is 0 Å². The number of carbonyl (C=O) groups excluding carboxylic acids is 3. The number of aliphatic hydroxyl groups is 1. The number of likely N-dealkylation sites (tertiary alicyclic amines) is 1. The van der Waals surface area contributed by atoms with Crippen LogP contribution in [0.15, 0.2) is 12.7 Å². The molecule has 3 heterocycles. The molecule has 184 valence electrons. The first-order valence-corrected chi connectivity index (χ1v) is 14.0. The largest absolute Gasteiger partial charge is 0.466 e. The average molecular weight is 544 g/mol. The summed E-state index contributed by atoms with van der Waals surface area (Å²) in [4.78, 5) is 44.7. The van der Waals surface area contributed by atoms with E-state index in [1.54, 1.807) is 29.7 Å². The topological polar surface area (TPSA) is 87.2 Å². The predicted molar refractivity (Wildman–Crippen MR) is 131 cm³/mol. The molecule has 0 aromatic heterocycles.